The maximum Gasteiger partial charge on any atom is 0.253 e. The molecule has 0 aliphatic carbocycles. The molecule has 2 nitrogen and oxygen atoms in total. The Bertz CT molecular complexity index is 402. The van der Waals surface area contributed by atoms with E-state index in [-0.39, 0.29) is 6.04 Å². The normalized spacial score (nSPS) is 12.6. The van der Waals surface area contributed by atoms with Gasteiger partial charge in [0, 0.05) is 18.8 Å². The van der Waals surface area contributed by atoms with E-state index in [1.54, 1.807) is 0 Å². The summed E-state index contributed by atoms with van der Waals surface area (Å²) in [6.45, 7) is 1.83. The summed E-state index contributed by atoms with van der Waals surface area (Å²) in [5.74, 6) is -5.59. The van der Waals surface area contributed by atoms with Gasteiger partial charge in [-0.3, -0.25) is 0 Å². The standard InChI is InChI=1S/C11H14F4N2S/c1-4-6(5-18-3)17(2)9-7(12)10(14)16-11(15)8(9)13/h6H,4-5H2,1-3H3. The molecule has 1 aromatic heterocycles. The van der Waals surface area contributed by atoms with Crippen LogP contribution in [0.3, 0.4) is 0 Å². The Morgan fingerprint density at radius 3 is 2.06 bits per heavy atom. The zero-order valence-electron chi connectivity index (χ0n) is 10.3. The van der Waals surface area contributed by atoms with Crippen LogP contribution in [-0.4, -0.2) is 30.1 Å². The second-order valence-corrected chi connectivity index (χ2v) is 4.71. The van der Waals surface area contributed by atoms with Crippen molar-refractivity contribution in [2.24, 2.45) is 0 Å². The van der Waals surface area contributed by atoms with E-state index < -0.39 is 29.2 Å². The first-order valence-corrected chi connectivity index (χ1v) is 6.75. The number of pyridine rings is 1. The molecule has 0 amide bonds. The zero-order valence-corrected chi connectivity index (χ0v) is 11.1. The van der Waals surface area contributed by atoms with Crippen LogP contribution in [0.25, 0.3) is 0 Å². The fraction of sp³-hybridized carbons (Fsp3) is 0.545. The summed E-state index contributed by atoms with van der Waals surface area (Å²) in [6, 6.07) is -0.217. The van der Waals surface area contributed by atoms with E-state index in [9.17, 15) is 17.6 Å². The van der Waals surface area contributed by atoms with Gasteiger partial charge >= 0.3 is 0 Å². The van der Waals surface area contributed by atoms with Crippen molar-refractivity contribution in [2.45, 2.75) is 19.4 Å². The molecule has 1 rings (SSSR count). The van der Waals surface area contributed by atoms with E-state index >= 15 is 0 Å². The van der Waals surface area contributed by atoms with Crippen LogP contribution in [0, 0.1) is 23.5 Å². The number of hydrogen-bond donors (Lipinski definition) is 0. The zero-order chi connectivity index (χ0) is 13.9. The third-order valence-corrected chi connectivity index (χ3v) is 3.42. The van der Waals surface area contributed by atoms with Crippen LogP contribution >= 0.6 is 11.8 Å². The lowest BCUT2D eigenvalue weighted by atomic mass is 10.2. The average molecular weight is 282 g/mol. The quantitative estimate of drug-likeness (QED) is 0.609. The van der Waals surface area contributed by atoms with Gasteiger partial charge in [0.25, 0.3) is 11.9 Å². The van der Waals surface area contributed by atoms with Crippen LogP contribution in [0.1, 0.15) is 13.3 Å². The smallest absolute Gasteiger partial charge is 0.253 e. The SMILES string of the molecule is CCC(CSC)N(C)c1c(F)c(F)nc(F)c1F. The molecule has 1 aromatic rings. The van der Waals surface area contributed by atoms with E-state index in [4.69, 9.17) is 0 Å². The van der Waals surface area contributed by atoms with Crippen LogP contribution in [0.2, 0.25) is 0 Å². The van der Waals surface area contributed by atoms with Crippen LogP contribution in [0.5, 0.6) is 0 Å². The van der Waals surface area contributed by atoms with E-state index in [1.807, 2.05) is 13.2 Å². The van der Waals surface area contributed by atoms with Crippen molar-refractivity contribution < 1.29 is 17.6 Å². The molecule has 0 radical (unpaired) electrons. The van der Waals surface area contributed by atoms with Crippen molar-refractivity contribution in [1.29, 1.82) is 0 Å². The Morgan fingerprint density at radius 1 is 1.17 bits per heavy atom. The Morgan fingerprint density at radius 2 is 1.67 bits per heavy atom. The minimum Gasteiger partial charge on any atom is -0.366 e. The Kier molecular flexibility index (Phi) is 5.25. The van der Waals surface area contributed by atoms with Crippen molar-refractivity contribution in [3.63, 3.8) is 0 Å². The highest BCUT2D eigenvalue weighted by Gasteiger charge is 2.26. The monoisotopic (exact) mass is 282 g/mol. The highest BCUT2D eigenvalue weighted by molar-refractivity contribution is 7.98. The molecule has 0 saturated carbocycles. The van der Waals surface area contributed by atoms with Gasteiger partial charge in [0.15, 0.2) is 0 Å². The third kappa shape index (κ3) is 2.88. The lowest BCUT2D eigenvalue weighted by molar-refractivity contribution is 0.404. The highest BCUT2D eigenvalue weighted by atomic mass is 32.2. The molecule has 0 bridgehead atoms. The first kappa shape index (κ1) is 15.1. The summed E-state index contributed by atoms with van der Waals surface area (Å²) >= 11 is 1.49. The molecule has 0 aliphatic heterocycles. The topological polar surface area (TPSA) is 16.1 Å². The largest absolute Gasteiger partial charge is 0.366 e. The van der Waals surface area contributed by atoms with Gasteiger partial charge < -0.3 is 4.90 Å². The number of anilines is 1. The molecule has 0 aromatic carbocycles. The van der Waals surface area contributed by atoms with Crippen molar-refractivity contribution in [3.8, 4) is 0 Å². The number of hydrogen-bond acceptors (Lipinski definition) is 3. The predicted molar refractivity (Wildman–Crippen MR) is 64.9 cm³/mol. The molecule has 7 heteroatoms. The predicted octanol–water partition coefficient (Wildman–Crippen LogP) is 3.22. The van der Waals surface area contributed by atoms with Crippen molar-refractivity contribution in [2.75, 3.05) is 24.0 Å². The third-order valence-electron chi connectivity index (χ3n) is 2.71. The maximum atomic E-state index is 13.5. The number of nitrogens with zero attached hydrogens (tertiary/aromatic N) is 2. The lowest BCUT2D eigenvalue weighted by Crippen LogP contribution is -2.35. The summed E-state index contributed by atoms with van der Waals surface area (Å²) in [7, 11) is 1.41. The second-order valence-electron chi connectivity index (χ2n) is 3.80. The number of halogens is 4. The molecule has 0 fully saturated rings. The van der Waals surface area contributed by atoms with E-state index in [1.165, 1.54) is 23.7 Å². The number of aromatic nitrogens is 1. The Balaban J connectivity index is 3.22. The molecule has 18 heavy (non-hydrogen) atoms. The van der Waals surface area contributed by atoms with Crippen LogP contribution in [-0.2, 0) is 0 Å². The van der Waals surface area contributed by atoms with Gasteiger partial charge in [-0.25, -0.2) is 0 Å². The van der Waals surface area contributed by atoms with Crippen LogP contribution < -0.4 is 4.90 Å². The van der Waals surface area contributed by atoms with E-state index in [0.29, 0.717) is 12.2 Å². The minimum absolute atomic E-state index is 0.217. The van der Waals surface area contributed by atoms with Gasteiger partial charge in [-0.15, -0.1) is 0 Å². The molecular formula is C11H14F4N2S. The number of thioether (sulfide) groups is 1. The Hall–Kier alpha value is -0.980. The average Bonchev–Trinajstić information content (AvgIpc) is 2.33. The van der Waals surface area contributed by atoms with E-state index in [0.717, 1.165) is 0 Å². The van der Waals surface area contributed by atoms with Crippen molar-refractivity contribution >= 4 is 17.4 Å². The summed E-state index contributed by atoms with van der Waals surface area (Å²) in [5, 5.41) is 0. The highest BCUT2D eigenvalue weighted by Crippen LogP contribution is 2.28. The minimum atomic E-state index is -1.63. The molecule has 0 N–H and O–H groups in total. The first-order valence-electron chi connectivity index (χ1n) is 5.35. The molecule has 0 spiro atoms. The van der Waals surface area contributed by atoms with Crippen molar-refractivity contribution in [3.05, 3.63) is 23.5 Å². The molecule has 102 valence electrons. The van der Waals surface area contributed by atoms with Gasteiger partial charge in [-0.2, -0.15) is 34.3 Å². The lowest BCUT2D eigenvalue weighted by Gasteiger charge is -2.29. The van der Waals surface area contributed by atoms with Gasteiger partial charge in [0.05, 0.1) is 0 Å². The van der Waals surface area contributed by atoms with Gasteiger partial charge in [0.2, 0.25) is 11.6 Å². The van der Waals surface area contributed by atoms with Crippen LogP contribution in [0.4, 0.5) is 23.2 Å². The molecule has 1 heterocycles. The first-order chi connectivity index (χ1) is 8.43. The van der Waals surface area contributed by atoms with E-state index in [2.05, 4.69) is 4.98 Å². The summed E-state index contributed by atoms with van der Waals surface area (Å²) in [4.78, 5) is 3.75. The van der Waals surface area contributed by atoms with Crippen molar-refractivity contribution in [1.82, 2.24) is 4.98 Å². The fourth-order valence-corrected chi connectivity index (χ4v) is 2.51. The second kappa shape index (κ2) is 6.26. The molecule has 0 aliphatic rings. The fourth-order valence-electron chi connectivity index (χ4n) is 1.66. The molecule has 0 saturated heterocycles. The van der Waals surface area contributed by atoms with Crippen LogP contribution in [0.15, 0.2) is 0 Å². The molecular weight excluding hydrogens is 268 g/mol. The Labute approximate surface area is 107 Å². The summed E-state index contributed by atoms with van der Waals surface area (Å²) < 4.78 is 53.1. The number of rotatable bonds is 5. The maximum absolute atomic E-state index is 13.5. The van der Waals surface area contributed by atoms with Gasteiger partial charge in [0.1, 0.15) is 5.69 Å². The molecule has 1 atom stereocenters. The van der Waals surface area contributed by atoms with Gasteiger partial charge in [-0.05, 0) is 12.7 Å². The van der Waals surface area contributed by atoms with Gasteiger partial charge in [-0.1, -0.05) is 6.92 Å². The summed E-state index contributed by atoms with van der Waals surface area (Å²) in [6.07, 6.45) is 2.44. The molecule has 1 unspecified atom stereocenters. The summed E-state index contributed by atoms with van der Waals surface area (Å²) in [5.41, 5.74) is -0.707.